The van der Waals surface area contributed by atoms with Gasteiger partial charge in [0.15, 0.2) is 0 Å². The zero-order valence-electron chi connectivity index (χ0n) is 16.4. The maximum absolute atomic E-state index is 13.2. The van der Waals surface area contributed by atoms with E-state index >= 15 is 0 Å². The van der Waals surface area contributed by atoms with Gasteiger partial charge in [-0.15, -0.1) is 0 Å². The van der Waals surface area contributed by atoms with Crippen molar-refractivity contribution in [3.8, 4) is 5.75 Å². The maximum Gasteiger partial charge on any atom is 0.257 e. The highest BCUT2D eigenvalue weighted by Gasteiger charge is 2.33. The summed E-state index contributed by atoms with van der Waals surface area (Å²) >= 11 is 3.47. The Morgan fingerprint density at radius 2 is 1.83 bits per heavy atom. The molecule has 7 heteroatoms. The summed E-state index contributed by atoms with van der Waals surface area (Å²) in [6.07, 6.45) is 0.683. The van der Waals surface area contributed by atoms with E-state index in [0.717, 1.165) is 40.2 Å². The molecule has 0 bridgehead atoms. The van der Waals surface area contributed by atoms with Gasteiger partial charge in [0, 0.05) is 24.0 Å². The first-order valence-corrected chi connectivity index (χ1v) is 10.5. The minimum atomic E-state index is -0.118. The van der Waals surface area contributed by atoms with Gasteiger partial charge in [-0.3, -0.25) is 9.69 Å². The van der Waals surface area contributed by atoms with Crippen molar-refractivity contribution < 1.29 is 14.3 Å². The molecule has 2 aliphatic rings. The van der Waals surface area contributed by atoms with Crippen molar-refractivity contribution in [3.05, 3.63) is 64.1 Å². The largest absolute Gasteiger partial charge is 0.497 e. The fourth-order valence-electron chi connectivity index (χ4n) is 3.67. The van der Waals surface area contributed by atoms with Crippen LogP contribution in [-0.4, -0.2) is 61.5 Å². The molecule has 1 saturated heterocycles. The van der Waals surface area contributed by atoms with Crippen molar-refractivity contribution in [1.82, 2.24) is 9.91 Å². The minimum Gasteiger partial charge on any atom is -0.497 e. The van der Waals surface area contributed by atoms with E-state index < -0.39 is 0 Å². The third-order valence-electron chi connectivity index (χ3n) is 5.31. The van der Waals surface area contributed by atoms with E-state index in [0.29, 0.717) is 26.2 Å². The molecule has 1 amide bonds. The highest BCUT2D eigenvalue weighted by Crippen LogP contribution is 2.34. The zero-order valence-corrected chi connectivity index (χ0v) is 18.0. The number of hydrogen-bond donors (Lipinski definition) is 0. The molecule has 0 saturated carbocycles. The Kier molecular flexibility index (Phi) is 6.28. The average Bonchev–Trinajstić information content (AvgIpc) is 3.21. The first-order valence-electron chi connectivity index (χ1n) is 9.73. The maximum atomic E-state index is 13.2. The highest BCUT2D eigenvalue weighted by molar-refractivity contribution is 9.10. The molecule has 1 fully saturated rings. The SMILES string of the molecule is COc1ccc(C2CC(c3ccc(Br)cc3)=NN2C(=O)CN2CCOCC2)cc1. The number of amides is 1. The van der Waals surface area contributed by atoms with Gasteiger partial charge >= 0.3 is 0 Å². The monoisotopic (exact) mass is 457 g/mol. The summed E-state index contributed by atoms with van der Waals surface area (Å²) in [6, 6.07) is 15.8. The predicted molar refractivity (Wildman–Crippen MR) is 115 cm³/mol. The van der Waals surface area contributed by atoms with Gasteiger partial charge in [0.1, 0.15) is 5.75 Å². The lowest BCUT2D eigenvalue weighted by Crippen LogP contribution is -2.43. The third-order valence-corrected chi connectivity index (χ3v) is 5.84. The van der Waals surface area contributed by atoms with Crippen LogP contribution in [0.2, 0.25) is 0 Å². The van der Waals surface area contributed by atoms with Crippen LogP contribution < -0.4 is 4.74 Å². The van der Waals surface area contributed by atoms with Gasteiger partial charge < -0.3 is 9.47 Å². The number of rotatable bonds is 5. The van der Waals surface area contributed by atoms with E-state index in [1.807, 2.05) is 48.5 Å². The number of carbonyl (C=O) groups excluding carboxylic acids is 1. The summed E-state index contributed by atoms with van der Waals surface area (Å²) in [6.45, 7) is 3.24. The summed E-state index contributed by atoms with van der Waals surface area (Å²) in [5, 5.41) is 6.41. The third kappa shape index (κ3) is 4.69. The smallest absolute Gasteiger partial charge is 0.257 e. The van der Waals surface area contributed by atoms with Crippen molar-refractivity contribution >= 4 is 27.5 Å². The van der Waals surface area contributed by atoms with Crippen LogP contribution in [0, 0.1) is 0 Å². The number of hydrogen-bond acceptors (Lipinski definition) is 5. The summed E-state index contributed by atoms with van der Waals surface area (Å²) in [7, 11) is 1.65. The van der Waals surface area contributed by atoms with Crippen LogP contribution in [0.25, 0.3) is 0 Å². The van der Waals surface area contributed by atoms with E-state index in [1.165, 1.54) is 0 Å². The lowest BCUT2D eigenvalue weighted by atomic mass is 9.98. The van der Waals surface area contributed by atoms with Crippen molar-refractivity contribution in [2.24, 2.45) is 5.10 Å². The van der Waals surface area contributed by atoms with Crippen LogP contribution in [-0.2, 0) is 9.53 Å². The average molecular weight is 458 g/mol. The second-order valence-corrected chi connectivity index (χ2v) is 8.09. The molecule has 1 atom stereocenters. The van der Waals surface area contributed by atoms with Gasteiger partial charge in [-0.05, 0) is 35.4 Å². The van der Waals surface area contributed by atoms with Crippen LogP contribution in [0.5, 0.6) is 5.75 Å². The lowest BCUT2D eigenvalue weighted by Gasteiger charge is -2.29. The van der Waals surface area contributed by atoms with Gasteiger partial charge in [0.25, 0.3) is 5.91 Å². The van der Waals surface area contributed by atoms with Crippen molar-refractivity contribution in [1.29, 1.82) is 0 Å². The molecule has 29 heavy (non-hydrogen) atoms. The molecule has 2 aliphatic heterocycles. The van der Waals surface area contributed by atoms with E-state index in [9.17, 15) is 4.79 Å². The highest BCUT2D eigenvalue weighted by atomic mass is 79.9. The zero-order chi connectivity index (χ0) is 20.2. The van der Waals surface area contributed by atoms with Gasteiger partial charge in [-0.2, -0.15) is 5.10 Å². The fraction of sp³-hybridized carbons (Fsp3) is 0.364. The van der Waals surface area contributed by atoms with Crippen LogP contribution >= 0.6 is 15.9 Å². The second kappa shape index (κ2) is 9.07. The molecule has 2 heterocycles. The van der Waals surface area contributed by atoms with Gasteiger partial charge in [-0.1, -0.05) is 40.2 Å². The summed E-state index contributed by atoms with van der Waals surface area (Å²) in [5.41, 5.74) is 3.01. The molecule has 0 aliphatic carbocycles. The molecule has 0 aromatic heterocycles. The van der Waals surface area contributed by atoms with Crippen LogP contribution in [0.4, 0.5) is 0 Å². The first-order chi connectivity index (χ1) is 14.1. The minimum absolute atomic E-state index is 0.0137. The molecule has 4 rings (SSSR count). The molecular weight excluding hydrogens is 434 g/mol. The van der Waals surface area contributed by atoms with Crippen LogP contribution in [0.3, 0.4) is 0 Å². The van der Waals surface area contributed by atoms with Gasteiger partial charge in [-0.25, -0.2) is 5.01 Å². The van der Waals surface area contributed by atoms with Crippen LogP contribution in [0.15, 0.2) is 58.1 Å². The number of carbonyl (C=O) groups is 1. The number of benzene rings is 2. The Labute approximate surface area is 179 Å². The first kappa shape index (κ1) is 20.1. The second-order valence-electron chi connectivity index (χ2n) is 7.17. The van der Waals surface area contributed by atoms with Gasteiger partial charge in [0.2, 0.25) is 0 Å². The topological polar surface area (TPSA) is 54.4 Å². The number of ether oxygens (including phenoxy) is 2. The summed E-state index contributed by atoms with van der Waals surface area (Å²) < 4.78 is 11.7. The molecule has 0 spiro atoms. The van der Waals surface area contributed by atoms with E-state index in [2.05, 4.69) is 20.8 Å². The van der Waals surface area contributed by atoms with Gasteiger partial charge in [0.05, 0.1) is 38.6 Å². The molecule has 2 aromatic carbocycles. The molecule has 152 valence electrons. The standard InChI is InChI=1S/C22H24BrN3O3/c1-28-19-8-4-17(5-9-19)21-14-20(16-2-6-18(23)7-3-16)24-26(21)22(27)15-25-10-12-29-13-11-25/h2-9,21H,10-15H2,1H3. The molecular formula is C22H24BrN3O3. The van der Waals surface area contributed by atoms with E-state index in [1.54, 1.807) is 12.1 Å². The molecule has 0 radical (unpaired) electrons. The fourth-order valence-corrected chi connectivity index (χ4v) is 3.93. The molecule has 2 aromatic rings. The van der Waals surface area contributed by atoms with Crippen LogP contribution in [0.1, 0.15) is 23.6 Å². The van der Waals surface area contributed by atoms with Crippen molar-refractivity contribution in [2.45, 2.75) is 12.5 Å². The Morgan fingerprint density at radius 3 is 2.48 bits per heavy atom. The number of nitrogens with zero attached hydrogens (tertiary/aromatic N) is 3. The number of hydrazone groups is 1. The lowest BCUT2D eigenvalue weighted by molar-refractivity contribution is -0.135. The number of halogens is 1. The van der Waals surface area contributed by atoms with E-state index in [-0.39, 0.29) is 11.9 Å². The van der Waals surface area contributed by atoms with Crippen molar-refractivity contribution in [2.75, 3.05) is 40.0 Å². The Balaban J connectivity index is 1.59. The normalized spacial score (nSPS) is 19.9. The summed E-state index contributed by atoms with van der Waals surface area (Å²) in [4.78, 5) is 15.3. The van der Waals surface area contributed by atoms with E-state index in [4.69, 9.17) is 14.6 Å². The molecule has 6 nitrogen and oxygen atoms in total. The Bertz CT molecular complexity index is 877. The van der Waals surface area contributed by atoms with Crippen molar-refractivity contribution in [3.63, 3.8) is 0 Å². The Hall–Kier alpha value is -2.22. The number of methoxy groups -OCH3 is 1. The molecule has 0 N–H and O–H groups in total. The predicted octanol–water partition coefficient (Wildman–Crippen LogP) is 3.47. The Morgan fingerprint density at radius 1 is 1.14 bits per heavy atom. The quantitative estimate of drug-likeness (QED) is 0.689. The molecule has 1 unspecified atom stereocenters. The summed E-state index contributed by atoms with van der Waals surface area (Å²) in [5.74, 6) is 0.812. The number of morpholine rings is 1.